The second-order valence-electron chi connectivity index (χ2n) is 4.99. The molecule has 1 aromatic heterocycles. The van der Waals surface area contributed by atoms with E-state index in [1.807, 2.05) is 13.8 Å². The van der Waals surface area contributed by atoms with Crippen LogP contribution in [0.1, 0.15) is 33.1 Å². The van der Waals surface area contributed by atoms with Gasteiger partial charge in [-0.25, -0.2) is 8.42 Å². The minimum absolute atomic E-state index is 0.0916. The fourth-order valence-electron chi connectivity index (χ4n) is 2.28. The summed E-state index contributed by atoms with van der Waals surface area (Å²) in [7, 11) is -3.52. The van der Waals surface area contributed by atoms with Gasteiger partial charge in [0.15, 0.2) is 5.82 Å². The highest BCUT2D eigenvalue weighted by Gasteiger charge is 2.31. The maximum atomic E-state index is 12.6. The predicted octanol–water partition coefficient (Wildman–Crippen LogP) is 1.30. The molecule has 0 spiro atoms. The lowest BCUT2D eigenvalue weighted by atomic mass is 9.85. The van der Waals surface area contributed by atoms with Crippen molar-refractivity contribution in [3.8, 4) is 0 Å². The number of aromatic nitrogens is 2. The van der Waals surface area contributed by atoms with Crippen molar-refractivity contribution in [1.29, 1.82) is 0 Å². The molecule has 1 fully saturated rings. The van der Waals surface area contributed by atoms with Crippen LogP contribution in [0.2, 0.25) is 0 Å². The first-order valence-electron chi connectivity index (χ1n) is 6.82. The summed E-state index contributed by atoms with van der Waals surface area (Å²) in [4.78, 5) is 0.135. The van der Waals surface area contributed by atoms with Crippen molar-refractivity contribution >= 4 is 15.8 Å². The van der Waals surface area contributed by atoms with Crippen LogP contribution in [0.5, 0.6) is 0 Å². The van der Waals surface area contributed by atoms with Crippen LogP contribution in [0.25, 0.3) is 0 Å². The van der Waals surface area contributed by atoms with Crippen molar-refractivity contribution in [3.05, 3.63) is 6.20 Å². The summed E-state index contributed by atoms with van der Waals surface area (Å²) in [5, 5.41) is 4.01. The number of aryl methyl sites for hydroxylation is 1. The third-order valence-electron chi connectivity index (χ3n) is 3.74. The summed E-state index contributed by atoms with van der Waals surface area (Å²) in [6.07, 6.45) is 4.97. The number of nitrogens with two attached hydrogens (primary N) is 1. The highest BCUT2D eigenvalue weighted by molar-refractivity contribution is 7.89. The van der Waals surface area contributed by atoms with E-state index in [1.54, 1.807) is 4.68 Å². The Morgan fingerprint density at radius 3 is 2.58 bits per heavy atom. The summed E-state index contributed by atoms with van der Waals surface area (Å²) in [6.45, 7) is 5.42. The first kappa shape index (κ1) is 14.3. The number of nitrogens with zero attached hydrogens (tertiary/aromatic N) is 3. The van der Waals surface area contributed by atoms with E-state index in [1.165, 1.54) is 16.9 Å². The lowest BCUT2D eigenvalue weighted by Gasteiger charge is -2.30. The summed E-state index contributed by atoms with van der Waals surface area (Å²) < 4.78 is 28.2. The zero-order chi connectivity index (χ0) is 14.0. The molecule has 1 aliphatic carbocycles. The fourth-order valence-corrected chi connectivity index (χ4v) is 3.86. The Morgan fingerprint density at radius 2 is 2.16 bits per heavy atom. The van der Waals surface area contributed by atoms with E-state index in [0.29, 0.717) is 25.6 Å². The van der Waals surface area contributed by atoms with Gasteiger partial charge in [-0.2, -0.15) is 9.40 Å². The molecule has 2 N–H and O–H groups in total. The van der Waals surface area contributed by atoms with Crippen LogP contribution >= 0.6 is 0 Å². The van der Waals surface area contributed by atoms with E-state index in [2.05, 4.69) is 5.10 Å². The minimum Gasteiger partial charge on any atom is -0.381 e. The Morgan fingerprint density at radius 1 is 1.47 bits per heavy atom. The molecule has 2 rings (SSSR count). The summed E-state index contributed by atoms with van der Waals surface area (Å²) in [5.41, 5.74) is 5.74. The molecular weight excluding hydrogens is 264 g/mol. The van der Waals surface area contributed by atoms with Gasteiger partial charge in [-0.15, -0.1) is 0 Å². The number of nitrogen functional groups attached to an aromatic ring is 1. The first-order chi connectivity index (χ1) is 8.98. The topological polar surface area (TPSA) is 81.2 Å². The number of hydrogen-bond acceptors (Lipinski definition) is 4. The van der Waals surface area contributed by atoms with Gasteiger partial charge in [-0.3, -0.25) is 4.68 Å². The first-order valence-corrected chi connectivity index (χ1v) is 8.26. The minimum atomic E-state index is -3.52. The zero-order valence-corrected chi connectivity index (χ0v) is 12.4. The average Bonchev–Trinajstić information content (AvgIpc) is 2.69. The molecule has 108 valence electrons. The number of sulfonamides is 1. The van der Waals surface area contributed by atoms with Gasteiger partial charge in [0.2, 0.25) is 10.0 Å². The lowest BCUT2D eigenvalue weighted by molar-refractivity contribution is 0.250. The van der Waals surface area contributed by atoms with Crippen LogP contribution in [0.15, 0.2) is 11.1 Å². The Labute approximate surface area is 114 Å². The SMILES string of the molecule is CCN(CC1CCC1)S(=O)(=O)c1cn(CC)nc1N. The van der Waals surface area contributed by atoms with E-state index in [4.69, 9.17) is 5.73 Å². The van der Waals surface area contributed by atoms with Crippen LogP contribution in [0.3, 0.4) is 0 Å². The Hall–Kier alpha value is -1.08. The lowest BCUT2D eigenvalue weighted by Crippen LogP contribution is -2.37. The van der Waals surface area contributed by atoms with Gasteiger partial charge in [0.25, 0.3) is 0 Å². The van der Waals surface area contributed by atoms with Gasteiger partial charge in [-0.05, 0) is 25.7 Å². The largest absolute Gasteiger partial charge is 0.381 e. The molecule has 1 aliphatic rings. The molecule has 0 aromatic carbocycles. The third kappa shape index (κ3) is 2.76. The van der Waals surface area contributed by atoms with Gasteiger partial charge < -0.3 is 5.73 Å². The molecule has 1 saturated carbocycles. The summed E-state index contributed by atoms with van der Waals surface area (Å²) >= 11 is 0. The standard InChI is InChI=1S/C12H22N4O2S/c1-3-15-9-11(12(13)14-15)19(17,18)16(4-2)8-10-6-5-7-10/h9-10H,3-8H2,1-2H3,(H2,13,14). The molecular formula is C12H22N4O2S. The smallest absolute Gasteiger partial charge is 0.248 e. The molecule has 1 heterocycles. The zero-order valence-electron chi connectivity index (χ0n) is 11.5. The van der Waals surface area contributed by atoms with Gasteiger partial charge in [-0.1, -0.05) is 13.3 Å². The van der Waals surface area contributed by atoms with Crippen molar-refractivity contribution < 1.29 is 8.42 Å². The number of anilines is 1. The molecule has 0 saturated heterocycles. The van der Waals surface area contributed by atoms with Crippen LogP contribution in [0.4, 0.5) is 5.82 Å². The quantitative estimate of drug-likeness (QED) is 0.854. The van der Waals surface area contributed by atoms with Crippen LogP contribution < -0.4 is 5.73 Å². The monoisotopic (exact) mass is 286 g/mol. The molecule has 6 nitrogen and oxygen atoms in total. The van der Waals surface area contributed by atoms with E-state index in [-0.39, 0.29) is 10.7 Å². The third-order valence-corrected chi connectivity index (χ3v) is 5.69. The van der Waals surface area contributed by atoms with Crippen molar-refractivity contribution in [2.45, 2.75) is 44.6 Å². The van der Waals surface area contributed by atoms with Crippen LogP contribution in [-0.2, 0) is 16.6 Å². The van der Waals surface area contributed by atoms with E-state index in [0.717, 1.165) is 12.8 Å². The van der Waals surface area contributed by atoms with Gasteiger partial charge in [0.1, 0.15) is 4.90 Å². The van der Waals surface area contributed by atoms with Gasteiger partial charge in [0.05, 0.1) is 0 Å². The van der Waals surface area contributed by atoms with Crippen molar-refractivity contribution in [3.63, 3.8) is 0 Å². The maximum Gasteiger partial charge on any atom is 0.248 e. The molecule has 1 aromatic rings. The molecule has 0 unspecified atom stereocenters. The maximum absolute atomic E-state index is 12.6. The van der Waals surface area contributed by atoms with Crippen LogP contribution in [0, 0.1) is 5.92 Å². The second-order valence-corrected chi connectivity index (χ2v) is 6.89. The van der Waals surface area contributed by atoms with Crippen molar-refractivity contribution in [1.82, 2.24) is 14.1 Å². The molecule has 0 atom stereocenters. The average molecular weight is 286 g/mol. The summed E-state index contributed by atoms with van der Waals surface area (Å²) in [6, 6.07) is 0. The molecule has 0 amide bonds. The van der Waals surface area contributed by atoms with E-state index < -0.39 is 10.0 Å². The normalized spacial score (nSPS) is 16.8. The fraction of sp³-hybridized carbons (Fsp3) is 0.750. The highest BCUT2D eigenvalue weighted by Crippen LogP contribution is 2.30. The predicted molar refractivity (Wildman–Crippen MR) is 74.1 cm³/mol. The Bertz CT molecular complexity index is 534. The molecule has 7 heteroatoms. The Balaban J connectivity index is 2.24. The number of rotatable bonds is 6. The van der Waals surface area contributed by atoms with E-state index in [9.17, 15) is 8.42 Å². The highest BCUT2D eigenvalue weighted by atomic mass is 32.2. The molecule has 19 heavy (non-hydrogen) atoms. The van der Waals surface area contributed by atoms with Gasteiger partial charge in [0, 0.05) is 25.8 Å². The van der Waals surface area contributed by atoms with Crippen molar-refractivity contribution in [2.24, 2.45) is 5.92 Å². The molecule has 0 bridgehead atoms. The molecule has 0 aliphatic heterocycles. The summed E-state index contributed by atoms with van der Waals surface area (Å²) in [5.74, 6) is 0.589. The molecule has 0 radical (unpaired) electrons. The number of hydrogen-bond donors (Lipinski definition) is 1. The van der Waals surface area contributed by atoms with Crippen LogP contribution in [-0.4, -0.2) is 35.6 Å². The Kier molecular flexibility index (Phi) is 4.15. The van der Waals surface area contributed by atoms with Crippen molar-refractivity contribution in [2.75, 3.05) is 18.8 Å². The van der Waals surface area contributed by atoms with Gasteiger partial charge >= 0.3 is 0 Å². The second kappa shape index (κ2) is 5.50. The van der Waals surface area contributed by atoms with E-state index >= 15 is 0 Å².